The van der Waals surface area contributed by atoms with Crippen LogP contribution in [-0.4, -0.2) is 46.8 Å². The Labute approximate surface area is 111 Å². The van der Waals surface area contributed by atoms with Gasteiger partial charge < -0.3 is 10.4 Å². The SMILES string of the molecule is CC1CC(C)N(C2CCC(CO)(NC3CC3)C2)C1. The van der Waals surface area contributed by atoms with Crippen LogP contribution in [0.3, 0.4) is 0 Å². The van der Waals surface area contributed by atoms with Crippen molar-refractivity contribution in [3.63, 3.8) is 0 Å². The van der Waals surface area contributed by atoms with E-state index in [4.69, 9.17) is 0 Å². The summed E-state index contributed by atoms with van der Waals surface area (Å²) in [5, 5.41) is 13.5. The van der Waals surface area contributed by atoms with E-state index in [-0.39, 0.29) is 5.54 Å². The van der Waals surface area contributed by atoms with E-state index in [9.17, 15) is 5.11 Å². The molecule has 4 unspecified atom stereocenters. The van der Waals surface area contributed by atoms with Crippen molar-refractivity contribution >= 4 is 0 Å². The quantitative estimate of drug-likeness (QED) is 0.800. The molecule has 3 nitrogen and oxygen atoms in total. The van der Waals surface area contributed by atoms with Crippen LogP contribution in [0.1, 0.15) is 52.4 Å². The standard InChI is InChI=1S/C15H28N2O/c1-11-7-12(2)17(9-11)14-5-6-15(8-14,10-18)16-13-3-4-13/h11-14,16,18H,3-10H2,1-2H3. The third kappa shape index (κ3) is 2.45. The lowest BCUT2D eigenvalue weighted by molar-refractivity contribution is 0.137. The second kappa shape index (κ2) is 4.77. The van der Waals surface area contributed by atoms with E-state index in [0.717, 1.165) is 24.8 Å². The highest BCUT2D eigenvalue weighted by molar-refractivity contribution is 5.04. The maximum Gasteiger partial charge on any atom is 0.0614 e. The molecule has 0 amide bonds. The second-order valence-electron chi connectivity index (χ2n) is 7.14. The first kappa shape index (κ1) is 12.9. The summed E-state index contributed by atoms with van der Waals surface area (Å²) in [5.74, 6) is 0.848. The summed E-state index contributed by atoms with van der Waals surface area (Å²) in [6.07, 6.45) is 7.53. The van der Waals surface area contributed by atoms with Gasteiger partial charge in [-0.05, 0) is 51.4 Å². The molecule has 3 rings (SSSR count). The van der Waals surface area contributed by atoms with Gasteiger partial charge in [-0.1, -0.05) is 6.92 Å². The summed E-state index contributed by atoms with van der Waals surface area (Å²) in [7, 11) is 0. The Morgan fingerprint density at radius 1 is 1.28 bits per heavy atom. The Balaban J connectivity index is 1.62. The molecule has 0 aromatic rings. The number of aliphatic hydroxyl groups is 1. The molecule has 1 aliphatic heterocycles. The van der Waals surface area contributed by atoms with Crippen molar-refractivity contribution in [2.24, 2.45) is 5.92 Å². The van der Waals surface area contributed by atoms with E-state index in [1.807, 2.05) is 0 Å². The molecule has 0 aromatic heterocycles. The average molecular weight is 252 g/mol. The van der Waals surface area contributed by atoms with Gasteiger partial charge in [-0.2, -0.15) is 0 Å². The van der Waals surface area contributed by atoms with Crippen LogP contribution in [0.2, 0.25) is 0 Å². The molecule has 2 N–H and O–H groups in total. The fraction of sp³-hybridized carbons (Fsp3) is 1.00. The molecular formula is C15H28N2O. The maximum atomic E-state index is 9.79. The van der Waals surface area contributed by atoms with Gasteiger partial charge in [0.05, 0.1) is 6.61 Å². The van der Waals surface area contributed by atoms with Crippen molar-refractivity contribution in [3.8, 4) is 0 Å². The molecule has 0 aromatic carbocycles. The number of nitrogens with one attached hydrogen (secondary N) is 1. The summed E-state index contributed by atoms with van der Waals surface area (Å²) < 4.78 is 0. The van der Waals surface area contributed by atoms with E-state index in [1.54, 1.807) is 0 Å². The lowest BCUT2D eigenvalue weighted by atomic mass is 9.98. The van der Waals surface area contributed by atoms with E-state index in [2.05, 4.69) is 24.1 Å². The van der Waals surface area contributed by atoms with Crippen molar-refractivity contribution in [2.75, 3.05) is 13.2 Å². The van der Waals surface area contributed by atoms with Crippen LogP contribution in [0.25, 0.3) is 0 Å². The predicted octanol–water partition coefficient (Wildman–Crippen LogP) is 1.75. The Morgan fingerprint density at radius 3 is 2.61 bits per heavy atom. The number of rotatable bonds is 4. The average Bonchev–Trinajstić information content (AvgIpc) is 2.93. The van der Waals surface area contributed by atoms with E-state index in [0.29, 0.717) is 18.7 Å². The molecule has 2 aliphatic carbocycles. The van der Waals surface area contributed by atoms with Gasteiger partial charge in [-0.25, -0.2) is 0 Å². The van der Waals surface area contributed by atoms with Crippen LogP contribution in [0.5, 0.6) is 0 Å². The second-order valence-corrected chi connectivity index (χ2v) is 7.14. The summed E-state index contributed by atoms with van der Waals surface area (Å²) >= 11 is 0. The predicted molar refractivity (Wildman–Crippen MR) is 73.6 cm³/mol. The van der Waals surface area contributed by atoms with Crippen molar-refractivity contribution in [1.29, 1.82) is 0 Å². The molecule has 4 atom stereocenters. The van der Waals surface area contributed by atoms with Crippen molar-refractivity contribution in [1.82, 2.24) is 10.2 Å². The van der Waals surface area contributed by atoms with Crippen molar-refractivity contribution < 1.29 is 5.11 Å². The Hall–Kier alpha value is -0.120. The monoisotopic (exact) mass is 252 g/mol. The molecule has 104 valence electrons. The molecule has 0 radical (unpaired) electrons. The third-order valence-corrected chi connectivity index (χ3v) is 5.27. The summed E-state index contributed by atoms with van der Waals surface area (Å²) in [4.78, 5) is 2.71. The molecule has 1 heterocycles. The topological polar surface area (TPSA) is 35.5 Å². The lowest BCUT2D eigenvalue weighted by Gasteiger charge is -2.32. The van der Waals surface area contributed by atoms with Crippen molar-refractivity contribution in [3.05, 3.63) is 0 Å². The first-order chi connectivity index (χ1) is 8.62. The van der Waals surface area contributed by atoms with E-state index >= 15 is 0 Å². The van der Waals surface area contributed by atoms with Crippen LogP contribution in [0.4, 0.5) is 0 Å². The van der Waals surface area contributed by atoms with E-state index < -0.39 is 0 Å². The Morgan fingerprint density at radius 2 is 2.06 bits per heavy atom. The summed E-state index contributed by atoms with van der Waals surface area (Å²) in [6, 6.07) is 2.13. The number of likely N-dealkylation sites (tertiary alicyclic amines) is 1. The number of hydrogen-bond donors (Lipinski definition) is 2. The highest BCUT2D eigenvalue weighted by Gasteiger charge is 2.45. The van der Waals surface area contributed by atoms with Crippen LogP contribution in [0.15, 0.2) is 0 Å². The zero-order valence-electron chi connectivity index (χ0n) is 11.9. The van der Waals surface area contributed by atoms with Gasteiger partial charge in [-0.15, -0.1) is 0 Å². The zero-order chi connectivity index (χ0) is 12.8. The third-order valence-electron chi connectivity index (χ3n) is 5.27. The molecule has 18 heavy (non-hydrogen) atoms. The minimum Gasteiger partial charge on any atom is -0.394 e. The molecule has 0 spiro atoms. The number of nitrogens with zero attached hydrogens (tertiary/aromatic N) is 1. The molecule has 3 fully saturated rings. The smallest absolute Gasteiger partial charge is 0.0614 e. The van der Waals surface area contributed by atoms with Crippen LogP contribution in [0, 0.1) is 5.92 Å². The lowest BCUT2D eigenvalue weighted by Crippen LogP contribution is -2.49. The fourth-order valence-electron chi connectivity index (χ4n) is 4.20. The molecule has 3 heteroatoms. The maximum absolute atomic E-state index is 9.79. The minimum absolute atomic E-state index is 0.0391. The molecular weight excluding hydrogens is 224 g/mol. The Kier molecular flexibility index (Phi) is 3.41. The molecule has 1 saturated heterocycles. The minimum atomic E-state index is 0.0391. The van der Waals surface area contributed by atoms with Gasteiger partial charge in [0.15, 0.2) is 0 Å². The van der Waals surface area contributed by atoms with Gasteiger partial charge in [0.2, 0.25) is 0 Å². The highest BCUT2D eigenvalue weighted by atomic mass is 16.3. The Bertz CT molecular complexity index is 305. The molecule has 3 aliphatic rings. The fourth-order valence-corrected chi connectivity index (χ4v) is 4.20. The number of hydrogen-bond acceptors (Lipinski definition) is 3. The molecule has 0 bridgehead atoms. The molecule has 2 saturated carbocycles. The largest absolute Gasteiger partial charge is 0.394 e. The first-order valence-electron chi connectivity index (χ1n) is 7.76. The van der Waals surface area contributed by atoms with Gasteiger partial charge >= 0.3 is 0 Å². The van der Waals surface area contributed by atoms with Gasteiger partial charge in [-0.3, -0.25) is 4.90 Å². The normalized spacial score (nSPS) is 45.8. The highest BCUT2D eigenvalue weighted by Crippen LogP contribution is 2.39. The summed E-state index contributed by atoms with van der Waals surface area (Å²) in [6.45, 7) is 6.32. The number of aliphatic hydroxyl groups excluding tert-OH is 1. The van der Waals surface area contributed by atoms with Crippen LogP contribution in [-0.2, 0) is 0 Å². The van der Waals surface area contributed by atoms with Gasteiger partial charge in [0.25, 0.3) is 0 Å². The first-order valence-corrected chi connectivity index (χ1v) is 7.76. The van der Waals surface area contributed by atoms with Crippen molar-refractivity contribution in [2.45, 2.75) is 76.0 Å². The van der Waals surface area contributed by atoms with Crippen LogP contribution < -0.4 is 5.32 Å². The van der Waals surface area contributed by atoms with Crippen LogP contribution >= 0.6 is 0 Å². The van der Waals surface area contributed by atoms with Gasteiger partial charge in [0.1, 0.15) is 0 Å². The van der Waals surface area contributed by atoms with E-state index in [1.165, 1.54) is 32.2 Å². The zero-order valence-corrected chi connectivity index (χ0v) is 11.9. The summed E-state index contributed by atoms with van der Waals surface area (Å²) in [5.41, 5.74) is 0.0391. The van der Waals surface area contributed by atoms with Gasteiger partial charge in [0, 0.05) is 30.2 Å².